The van der Waals surface area contributed by atoms with Crippen LogP contribution in [0.5, 0.6) is 5.75 Å². The SMILES string of the molecule is COc1ccc2cc([C@H](C)C(=O)NC(CCO)C(C)C)ccc2c1. The molecule has 2 aromatic rings. The quantitative estimate of drug-likeness (QED) is 0.818. The molecule has 0 aromatic heterocycles. The molecular formula is C20H27NO3. The van der Waals surface area contributed by atoms with Crippen LogP contribution in [-0.4, -0.2) is 30.8 Å². The van der Waals surface area contributed by atoms with Crippen molar-refractivity contribution >= 4 is 16.7 Å². The van der Waals surface area contributed by atoms with E-state index < -0.39 is 0 Å². The summed E-state index contributed by atoms with van der Waals surface area (Å²) in [6.07, 6.45) is 0.577. The van der Waals surface area contributed by atoms with E-state index in [2.05, 4.69) is 25.2 Å². The molecule has 0 bridgehead atoms. The van der Waals surface area contributed by atoms with Gasteiger partial charge in [0.1, 0.15) is 5.75 Å². The highest BCUT2D eigenvalue weighted by Crippen LogP contribution is 2.25. The first-order chi connectivity index (χ1) is 11.5. The third kappa shape index (κ3) is 4.26. The lowest BCUT2D eigenvalue weighted by Gasteiger charge is -2.24. The van der Waals surface area contributed by atoms with Gasteiger partial charge in [-0.15, -0.1) is 0 Å². The molecule has 2 aromatic carbocycles. The monoisotopic (exact) mass is 329 g/mol. The highest BCUT2D eigenvalue weighted by atomic mass is 16.5. The van der Waals surface area contributed by atoms with Gasteiger partial charge in [0.05, 0.1) is 13.0 Å². The second-order valence-electron chi connectivity index (χ2n) is 6.57. The van der Waals surface area contributed by atoms with Crippen LogP contribution in [0.25, 0.3) is 10.8 Å². The standard InChI is InChI=1S/C20H27NO3/c1-13(2)19(9-10-22)21-20(23)14(3)15-5-6-17-12-18(24-4)8-7-16(17)11-15/h5-8,11-14,19,22H,9-10H2,1-4H3,(H,21,23)/t14-,19?/m0/s1. The van der Waals surface area contributed by atoms with Gasteiger partial charge in [0, 0.05) is 12.6 Å². The summed E-state index contributed by atoms with van der Waals surface area (Å²) in [7, 11) is 1.65. The molecule has 0 saturated heterocycles. The maximum absolute atomic E-state index is 12.6. The van der Waals surface area contributed by atoms with Gasteiger partial charge in [-0.25, -0.2) is 0 Å². The molecule has 24 heavy (non-hydrogen) atoms. The number of rotatable bonds is 7. The van der Waals surface area contributed by atoms with Crippen LogP contribution < -0.4 is 10.1 Å². The van der Waals surface area contributed by atoms with Crippen molar-refractivity contribution in [2.45, 2.75) is 39.2 Å². The zero-order valence-corrected chi connectivity index (χ0v) is 14.9. The molecule has 1 unspecified atom stereocenters. The van der Waals surface area contributed by atoms with E-state index in [-0.39, 0.29) is 30.4 Å². The maximum atomic E-state index is 12.6. The zero-order valence-electron chi connectivity index (χ0n) is 14.9. The van der Waals surface area contributed by atoms with E-state index in [4.69, 9.17) is 9.84 Å². The number of ether oxygens (including phenoxy) is 1. The van der Waals surface area contributed by atoms with Crippen molar-refractivity contribution in [3.05, 3.63) is 42.0 Å². The number of fused-ring (bicyclic) bond motifs is 1. The van der Waals surface area contributed by atoms with Crippen LogP contribution in [0.1, 0.15) is 38.7 Å². The van der Waals surface area contributed by atoms with E-state index in [0.29, 0.717) is 6.42 Å². The van der Waals surface area contributed by atoms with Gasteiger partial charge >= 0.3 is 0 Å². The number of benzene rings is 2. The Kier molecular flexibility index (Phi) is 6.21. The van der Waals surface area contributed by atoms with Crippen LogP contribution in [0.4, 0.5) is 0 Å². The minimum absolute atomic E-state index is 0.00462. The predicted octanol–water partition coefficient (Wildman–Crippen LogP) is 3.48. The summed E-state index contributed by atoms with van der Waals surface area (Å²) in [6.45, 7) is 6.09. The lowest BCUT2D eigenvalue weighted by Crippen LogP contribution is -2.41. The minimum atomic E-state index is -0.239. The Labute approximate surface area is 143 Å². The first-order valence-electron chi connectivity index (χ1n) is 8.45. The number of methoxy groups -OCH3 is 1. The van der Waals surface area contributed by atoms with Crippen molar-refractivity contribution in [2.75, 3.05) is 13.7 Å². The number of hydrogen-bond acceptors (Lipinski definition) is 3. The molecule has 0 spiro atoms. The minimum Gasteiger partial charge on any atom is -0.497 e. The summed E-state index contributed by atoms with van der Waals surface area (Å²) in [5, 5.41) is 14.4. The van der Waals surface area contributed by atoms with Crippen LogP contribution in [0.3, 0.4) is 0 Å². The van der Waals surface area contributed by atoms with Crippen LogP contribution in [0, 0.1) is 5.92 Å². The third-order valence-electron chi connectivity index (χ3n) is 4.54. The summed E-state index contributed by atoms with van der Waals surface area (Å²) in [5.41, 5.74) is 0.983. The Morgan fingerprint density at radius 3 is 2.42 bits per heavy atom. The summed E-state index contributed by atoms with van der Waals surface area (Å²) in [4.78, 5) is 12.6. The molecule has 0 saturated carbocycles. The van der Waals surface area contributed by atoms with E-state index in [0.717, 1.165) is 22.1 Å². The van der Waals surface area contributed by atoms with Crippen molar-refractivity contribution < 1.29 is 14.6 Å². The largest absolute Gasteiger partial charge is 0.497 e. The Hall–Kier alpha value is -2.07. The number of aliphatic hydroxyl groups is 1. The smallest absolute Gasteiger partial charge is 0.227 e. The van der Waals surface area contributed by atoms with Gasteiger partial charge in [0.25, 0.3) is 0 Å². The molecule has 130 valence electrons. The first-order valence-corrected chi connectivity index (χ1v) is 8.45. The molecule has 4 heteroatoms. The molecule has 0 heterocycles. The van der Waals surface area contributed by atoms with E-state index in [9.17, 15) is 4.79 Å². The molecule has 0 aliphatic heterocycles. The molecule has 0 aliphatic carbocycles. The summed E-state index contributed by atoms with van der Waals surface area (Å²) < 4.78 is 5.24. The van der Waals surface area contributed by atoms with Crippen LogP contribution in [0.15, 0.2) is 36.4 Å². The highest BCUT2D eigenvalue weighted by Gasteiger charge is 2.21. The van der Waals surface area contributed by atoms with Gasteiger partial charge in [-0.2, -0.15) is 0 Å². The molecule has 2 N–H and O–H groups in total. The number of amides is 1. The average Bonchev–Trinajstić information content (AvgIpc) is 2.59. The lowest BCUT2D eigenvalue weighted by molar-refractivity contribution is -0.123. The van der Waals surface area contributed by atoms with Crippen LogP contribution in [-0.2, 0) is 4.79 Å². The predicted molar refractivity (Wildman–Crippen MR) is 97.4 cm³/mol. The topological polar surface area (TPSA) is 58.6 Å². The van der Waals surface area contributed by atoms with Crippen molar-refractivity contribution in [1.29, 1.82) is 0 Å². The van der Waals surface area contributed by atoms with E-state index in [1.54, 1.807) is 7.11 Å². The summed E-state index contributed by atoms with van der Waals surface area (Å²) in [5.74, 6) is 0.869. The first kappa shape index (κ1) is 18.3. The van der Waals surface area contributed by atoms with Gasteiger partial charge in [-0.05, 0) is 47.7 Å². The van der Waals surface area contributed by atoms with Gasteiger partial charge in [0.2, 0.25) is 5.91 Å². The fourth-order valence-corrected chi connectivity index (χ4v) is 2.81. The fourth-order valence-electron chi connectivity index (χ4n) is 2.81. The molecule has 4 nitrogen and oxygen atoms in total. The summed E-state index contributed by atoms with van der Waals surface area (Å²) >= 11 is 0. The number of aliphatic hydroxyl groups excluding tert-OH is 1. The van der Waals surface area contributed by atoms with Gasteiger partial charge in [-0.3, -0.25) is 4.79 Å². The average molecular weight is 329 g/mol. The fraction of sp³-hybridized carbons (Fsp3) is 0.450. The number of carbonyl (C=O) groups excluding carboxylic acids is 1. The molecule has 2 atom stereocenters. The molecule has 1 amide bonds. The number of nitrogens with one attached hydrogen (secondary N) is 1. The van der Waals surface area contributed by atoms with E-state index in [1.807, 2.05) is 37.3 Å². The summed E-state index contributed by atoms with van der Waals surface area (Å²) in [6, 6.07) is 12.0. The maximum Gasteiger partial charge on any atom is 0.227 e. The Bertz CT molecular complexity index is 696. The van der Waals surface area contributed by atoms with Crippen LogP contribution in [0.2, 0.25) is 0 Å². The van der Waals surface area contributed by atoms with E-state index in [1.165, 1.54) is 0 Å². The normalized spacial score (nSPS) is 13.8. The van der Waals surface area contributed by atoms with Crippen molar-refractivity contribution in [1.82, 2.24) is 5.32 Å². The lowest BCUT2D eigenvalue weighted by atomic mass is 9.95. The van der Waals surface area contributed by atoms with Gasteiger partial charge < -0.3 is 15.2 Å². The molecule has 0 aliphatic rings. The van der Waals surface area contributed by atoms with Crippen molar-refractivity contribution in [3.8, 4) is 5.75 Å². The highest BCUT2D eigenvalue weighted by molar-refractivity contribution is 5.88. The second-order valence-corrected chi connectivity index (χ2v) is 6.57. The Morgan fingerprint density at radius 2 is 1.79 bits per heavy atom. The Balaban J connectivity index is 2.17. The van der Waals surface area contributed by atoms with E-state index >= 15 is 0 Å². The molecule has 0 radical (unpaired) electrons. The number of hydrogen-bond donors (Lipinski definition) is 2. The van der Waals surface area contributed by atoms with Gasteiger partial charge in [0.15, 0.2) is 0 Å². The molecule has 0 fully saturated rings. The third-order valence-corrected chi connectivity index (χ3v) is 4.54. The number of carbonyl (C=O) groups is 1. The van der Waals surface area contributed by atoms with Crippen molar-refractivity contribution in [3.63, 3.8) is 0 Å². The molecule has 2 rings (SSSR count). The van der Waals surface area contributed by atoms with Crippen LogP contribution >= 0.6 is 0 Å². The van der Waals surface area contributed by atoms with Crippen molar-refractivity contribution in [2.24, 2.45) is 5.92 Å². The zero-order chi connectivity index (χ0) is 17.7. The van der Waals surface area contributed by atoms with Gasteiger partial charge in [-0.1, -0.05) is 38.1 Å². The second kappa shape index (κ2) is 8.15. The molecular weight excluding hydrogens is 302 g/mol. The Morgan fingerprint density at radius 1 is 1.12 bits per heavy atom.